The van der Waals surface area contributed by atoms with Crippen LogP contribution in [0.2, 0.25) is 5.02 Å². The number of hydrazone groups is 1. The third kappa shape index (κ3) is 3.35. The Kier molecular flexibility index (Phi) is 5.28. The summed E-state index contributed by atoms with van der Waals surface area (Å²) < 4.78 is 1.23. The zero-order valence-corrected chi connectivity index (χ0v) is 15.0. The molecule has 1 aliphatic heterocycles. The van der Waals surface area contributed by atoms with E-state index in [4.69, 9.17) is 11.6 Å². The molecule has 1 amide bonds. The second-order valence-corrected chi connectivity index (χ2v) is 5.29. The van der Waals surface area contributed by atoms with Crippen LogP contribution >= 0.6 is 11.6 Å². The van der Waals surface area contributed by atoms with Gasteiger partial charge in [0.2, 0.25) is 5.91 Å². The normalized spacial score (nSPS) is 17.5. The van der Waals surface area contributed by atoms with Crippen LogP contribution in [0.5, 0.6) is 5.88 Å². The van der Waals surface area contributed by atoms with E-state index in [1.54, 1.807) is 19.1 Å². The summed E-state index contributed by atoms with van der Waals surface area (Å²) >= 11 is 5.88. The van der Waals surface area contributed by atoms with Gasteiger partial charge in [0.05, 0.1) is 11.6 Å². The van der Waals surface area contributed by atoms with Crippen molar-refractivity contribution in [2.24, 2.45) is 5.10 Å². The molecule has 2 heterocycles. The molecule has 1 N–H and O–H groups in total. The van der Waals surface area contributed by atoms with Crippen LogP contribution in [-0.2, 0) is 4.79 Å². The second-order valence-electron chi connectivity index (χ2n) is 4.85. The number of hydrogen-bond acceptors (Lipinski definition) is 4. The first kappa shape index (κ1) is 17.0. The number of amides is 1. The standard InChI is InChI=1S/C14H13ClN4O2.Na/c1-8-6-13(21)19(18-8)14-11(7-12(20)16-17-14)9-2-4-10(15)5-3-9;/h2-6,11,21H,7H2,1H3,(H,16,20);/q;+1/p-1. The van der Waals surface area contributed by atoms with Gasteiger partial charge in [0.25, 0.3) is 0 Å². The first-order chi connectivity index (χ1) is 10.0. The van der Waals surface area contributed by atoms with E-state index in [1.807, 2.05) is 12.1 Å². The summed E-state index contributed by atoms with van der Waals surface area (Å²) in [7, 11) is 0. The largest absolute Gasteiger partial charge is 1.00 e. The Morgan fingerprint density at radius 3 is 2.64 bits per heavy atom. The number of nitrogens with one attached hydrogen (secondary N) is 1. The van der Waals surface area contributed by atoms with E-state index in [0.29, 0.717) is 16.6 Å². The SMILES string of the molecule is Cc1cc([O-])n(C2=NNC(=O)CC2c2ccc(Cl)cc2)n1.[Na+]. The van der Waals surface area contributed by atoms with Crippen molar-refractivity contribution in [1.29, 1.82) is 0 Å². The molecule has 0 aliphatic carbocycles. The molecule has 0 radical (unpaired) electrons. The maximum absolute atomic E-state index is 11.9. The number of benzene rings is 1. The molecular weight excluding hydrogens is 315 g/mol. The van der Waals surface area contributed by atoms with Crippen molar-refractivity contribution in [1.82, 2.24) is 15.2 Å². The van der Waals surface area contributed by atoms with E-state index in [0.717, 1.165) is 5.56 Å². The molecule has 0 fully saturated rings. The van der Waals surface area contributed by atoms with Crippen LogP contribution in [0.1, 0.15) is 23.6 Å². The number of rotatable bonds is 1. The first-order valence-corrected chi connectivity index (χ1v) is 6.78. The summed E-state index contributed by atoms with van der Waals surface area (Å²) in [6.07, 6.45) is 0.207. The molecule has 0 saturated carbocycles. The summed E-state index contributed by atoms with van der Waals surface area (Å²) in [4.78, 5) is 11.6. The number of nitrogens with zero attached hydrogens (tertiary/aromatic N) is 3. The monoisotopic (exact) mass is 326 g/mol. The summed E-state index contributed by atoms with van der Waals surface area (Å²) in [6.45, 7) is 1.73. The van der Waals surface area contributed by atoms with Gasteiger partial charge in [-0.25, -0.2) is 10.1 Å². The Morgan fingerprint density at radius 1 is 1.36 bits per heavy atom. The molecule has 3 rings (SSSR count). The molecule has 1 aromatic heterocycles. The molecule has 1 atom stereocenters. The quantitative estimate of drug-likeness (QED) is 0.640. The number of aromatic nitrogens is 2. The molecule has 8 heteroatoms. The van der Waals surface area contributed by atoms with Gasteiger partial charge < -0.3 is 5.11 Å². The van der Waals surface area contributed by atoms with Crippen molar-refractivity contribution < 1.29 is 39.5 Å². The third-order valence-corrected chi connectivity index (χ3v) is 3.54. The average Bonchev–Trinajstić information content (AvgIpc) is 2.78. The number of hydrogen-bond donors (Lipinski definition) is 1. The number of carbonyl (C=O) groups excluding carboxylic acids is 1. The van der Waals surface area contributed by atoms with Crippen molar-refractivity contribution >= 4 is 23.3 Å². The second kappa shape index (κ2) is 6.83. The molecule has 1 aliphatic rings. The zero-order valence-electron chi connectivity index (χ0n) is 12.2. The topological polar surface area (TPSA) is 82.3 Å². The number of halogens is 1. The van der Waals surface area contributed by atoms with Crippen LogP contribution in [0.25, 0.3) is 0 Å². The molecule has 108 valence electrons. The Morgan fingerprint density at radius 2 is 2.05 bits per heavy atom. The fourth-order valence-corrected chi connectivity index (χ4v) is 2.44. The van der Waals surface area contributed by atoms with Crippen molar-refractivity contribution in [3.8, 4) is 5.88 Å². The van der Waals surface area contributed by atoms with Gasteiger partial charge in [-0.2, -0.15) is 10.2 Å². The van der Waals surface area contributed by atoms with E-state index in [9.17, 15) is 9.90 Å². The van der Waals surface area contributed by atoms with Crippen molar-refractivity contribution in [2.45, 2.75) is 19.3 Å². The van der Waals surface area contributed by atoms with Gasteiger partial charge in [0, 0.05) is 11.4 Å². The van der Waals surface area contributed by atoms with Crippen molar-refractivity contribution in [3.63, 3.8) is 0 Å². The minimum absolute atomic E-state index is 0. The van der Waals surface area contributed by atoms with Gasteiger partial charge >= 0.3 is 29.6 Å². The van der Waals surface area contributed by atoms with Gasteiger partial charge in [0.15, 0.2) is 5.84 Å². The molecule has 0 bridgehead atoms. The van der Waals surface area contributed by atoms with Crippen LogP contribution in [0.3, 0.4) is 0 Å². The zero-order chi connectivity index (χ0) is 15.0. The van der Waals surface area contributed by atoms with Crippen molar-refractivity contribution in [3.05, 3.63) is 46.6 Å². The van der Waals surface area contributed by atoms with E-state index >= 15 is 0 Å². The minimum Gasteiger partial charge on any atom is -0.858 e. The van der Waals surface area contributed by atoms with Gasteiger partial charge in [-0.15, -0.1) is 0 Å². The van der Waals surface area contributed by atoms with E-state index < -0.39 is 0 Å². The third-order valence-electron chi connectivity index (χ3n) is 3.28. The van der Waals surface area contributed by atoms with Crippen LogP contribution in [0.4, 0.5) is 0 Å². The van der Waals surface area contributed by atoms with Crippen LogP contribution < -0.4 is 40.1 Å². The smallest absolute Gasteiger partial charge is 0.858 e. The van der Waals surface area contributed by atoms with Gasteiger partial charge in [-0.3, -0.25) is 4.79 Å². The number of aryl methyl sites for hydroxylation is 1. The molecule has 6 nitrogen and oxygen atoms in total. The van der Waals surface area contributed by atoms with E-state index in [-0.39, 0.29) is 53.7 Å². The Balaban J connectivity index is 0.00000176. The van der Waals surface area contributed by atoms with Gasteiger partial charge in [-0.05, 0) is 36.6 Å². The minimum atomic E-state index is -0.331. The molecule has 1 aromatic carbocycles. The molecular formula is C14H12ClN4NaO2. The fourth-order valence-electron chi connectivity index (χ4n) is 2.32. The van der Waals surface area contributed by atoms with Crippen LogP contribution in [0, 0.1) is 6.92 Å². The first-order valence-electron chi connectivity index (χ1n) is 6.40. The summed E-state index contributed by atoms with van der Waals surface area (Å²) in [5, 5.41) is 20.7. The summed E-state index contributed by atoms with van der Waals surface area (Å²) in [6, 6.07) is 8.56. The van der Waals surface area contributed by atoms with Crippen LogP contribution in [-0.4, -0.2) is 21.5 Å². The molecule has 22 heavy (non-hydrogen) atoms. The molecule has 2 aromatic rings. The fraction of sp³-hybridized carbons (Fsp3) is 0.214. The summed E-state index contributed by atoms with van der Waals surface area (Å²) in [5.74, 6) is -0.380. The molecule has 0 spiro atoms. The van der Waals surface area contributed by atoms with Gasteiger partial charge in [0.1, 0.15) is 0 Å². The maximum atomic E-state index is 11.9. The molecule has 0 saturated heterocycles. The van der Waals surface area contributed by atoms with Crippen LogP contribution in [0.15, 0.2) is 35.4 Å². The van der Waals surface area contributed by atoms with E-state index in [1.165, 1.54) is 10.7 Å². The Labute approximate surface area is 154 Å². The van der Waals surface area contributed by atoms with E-state index in [2.05, 4.69) is 15.6 Å². The Bertz CT molecular complexity index is 727. The Hall–Kier alpha value is -1.34. The predicted octanol–water partition coefficient (Wildman–Crippen LogP) is -1.61. The van der Waals surface area contributed by atoms with Gasteiger partial charge in [-0.1, -0.05) is 23.7 Å². The predicted molar refractivity (Wildman–Crippen MR) is 76.2 cm³/mol. The number of carbonyl (C=O) groups is 1. The average molecular weight is 327 g/mol. The maximum Gasteiger partial charge on any atom is 1.00 e. The van der Waals surface area contributed by atoms with Crippen molar-refractivity contribution in [2.75, 3.05) is 0 Å². The molecule has 1 unspecified atom stereocenters. The summed E-state index contributed by atoms with van der Waals surface area (Å²) in [5.41, 5.74) is 3.87.